The fourth-order valence-electron chi connectivity index (χ4n) is 1.21. The predicted molar refractivity (Wildman–Crippen MR) is 50.0 cm³/mol. The Morgan fingerprint density at radius 3 is 2.93 bits per heavy atom. The van der Waals surface area contributed by atoms with E-state index in [2.05, 4.69) is 5.10 Å². The normalized spacial score (nSPS) is 10.6. The van der Waals surface area contributed by atoms with Crippen LogP contribution in [-0.2, 0) is 0 Å². The minimum atomic E-state index is -1.26. The van der Waals surface area contributed by atoms with Gasteiger partial charge in [0.25, 0.3) is 0 Å². The Bertz CT molecular complexity index is 569. The summed E-state index contributed by atoms with van der Waals surface area (Å²) in [4.78, 5) is 22.1. The van der Waals surface area contributed by atoms with Crippen molar-refractivity contribution in [2.75, 3.05) is 0 Å². The molecule has 2 rings (SSSR count). The Kier molecular flexibility index (Phi) is 1.82. The van der Waals surface area contributed by atoms with Gasteiger partial charge in [-0.15, -0.1) is 0 Å². The average molecular weight is 213 g/mol. The van der Waals surface area contributed by atoms with Gasteiger partial charge in [0.1, 0.15) is 11.1 Å². The Hall–Kier alpha value is -1.75. The summed E-state index contributed by atoms with van der Waals surface area (Å²) >= 11 is 5.66. The third-order valence-electron chi connectivity index (χ3n) is 1.84. The highest BCUT2D eigenvalue weighted by Crippen LogP contribution is 2.10. The number of hydrogen-bond acceptors (Lipinski definition) is 2. The second-order valence-electron chi connectivity index (χ2n) is 2.73. The van der Waals surface area contributed by atoms with Gasteiger partial charge >= 0.3 is 5.97 Å². The van der Waals surface area contributed by atoms with Gasteiger partial charge in [0.05, 0.1) is 5.02 Å². The monoisotopic (exact) mass is 212 g/mol. The van der Waals surface area contributed by atoms with Crippen LogP contribution in [0.1, 0.15) is 10.4 Å². The van der Waals surface area contributed by atoms with Crippen molar-refractivity contribution in [1.29, 1.82) is 0 Å². The number of aromatic amines is 1. The topological polar surface area (TPSA) is 74.6 Å². The molecule has 0 unspecified atom stereocenters. The first-order valence-corrected chi connectivity index (χ1v) is 4.10. The van der Waals surface area contributed by atoms with Gasteiger partial charge in [0.2, 0.25) is 5.43 Å². The number of fused-ring (bicyclic) bond motifs is 1. The molecule has 0 spiro atoms. The van der Waals surface area contributed by atoms with Gasteiger partial charge in [-0.05, 0) is 6.07 Å². The summed E-state index contributed by atoms with van der Waals surface area (Å²) in [6, 6.07) is 1.41. The van der Waals surface area contributed by atoms with Crippen LogP contribution in [0.3, 0.4) is 0 Å². The number of H-pyrrole nitrogens is 1. The molecule has 0 saturated heterocycles. The van der Waals surface area contributed by atoms with E-state index in [4.69, 9.17) is 16.7 Å². The largest absolute Gasteiger partial charge is 0.477 e. The van der Waals surface area contributed by atoms with E-state index in [1.54, 1.807) is 0 Å². The van der Waals surface area contributed by atoms with Crippen molar-refractivity contribution < 1.29 is 9.90 Å². The molecule has 2 N–H and O–H groups in total. The molecule has 5 nitrogen and oxygen atoms in total. The van der Waals surface area contributed by atoms with Crippen LogP contribution in [0.25, 0.3) is 5.52 Å². The van der Waals surface area contributed by atoms with Crippen molar-refractivity contribution >= 4 is 23.1 Å². The van der Waals surface area contributed by atoms with Crippen molar-refractivity contribution in [3.8, 4) is 0 Å². The van der Waals surface area contributed by atoms with Crippen LogP contribution in [0.2, 0.25) is 5.02 Å². The molecule has 2 aromatic heterocycles. The maximum atomic E-state index is 11.5. The van der Waals surface area contributed by atoms with E-state index in [-0.39, 0.29) is 11.1 Å². The van der Waals surface area contributed by atoms with E-state index in [1.165, 1.54) is 16.8 Å². The zero-order valence-electron chi connectivity index (χ0n) is 6.82. The molecule has 0 fully saturated rings. The maximum Gasteiger partial charge on any atom is 0.341 e. The Balaban J connectivity index is 2.88. The zero-order valence-corrected chi connectivity index (χ0v) is 7.58. The smallest absolute Gasteiger partial charge is 0.341 e. The lowest BCUT2D eigenvalue weighted by Crippen LogP contribution is -2.17. The number of nitrogens with zero attached hydrogens (tertiary/aromatic N) is 1. The van der Waals surface area contributed by atoms with Crippen LogP contribution in [0, 0.1) is 0 Å². The first-order valence-electron chi connectivity index (χ1n) is 3.72. The Labute approximate surface area is 82.5 Å². The van der Waals surface area contributed by atoms with E-state index in [0.29, 0.717) is 5.02 Å². The van der Waals surface area contributed by atoms with E-state index in [0.717, 1.165) is 6.20 Å². The lowest BCUT2D eigenvalue weighted by molar-refractivity contribution is 0.0695. The second-order valence-corrected chi connectivity index (χ2v) is 3.17. The molecular formula is C8H5ClN2O3. The average Bonchev–Trinajstić information content (AvgIpc) is 2.46. The minimum Gasteiger partial charge on any atom is -0.477 e. The summed E-state index contributed by atoms with van der Waals surface area (Å²) in [7, 11) is 0. The predicted octanol–water partition coefficient (Wildman–Crippen LogP) is 0.979. The highest BCUT2D eigenvalue weighted by atomic mass is 35.5. The highest BCUT2D eigenvalue weighted by Gasteiger charge is 2.11. The second kappa shape index (κ2) is 2.88. The third-order valence-corrected chi connectivity index (χ3v) is 2.05. The Morgan fingerprint density at radius 2 is 2.29 bits per heavy atom. The van der Waals surface area contributed by atoms with Crippen molar-refractivity contribution in [1.82, 2.24) is 9.61 Å². The fraction of sp³-hybridized carbons (Fsp3) is 0. The van der Waals surface area contributed by atoms with Crippen molar-refractivity contribution in [2.45, 2.75) is 0 Å². The van der Waals surface area contributed by atoms with Gasteiger partial charge in [-0.25, -0.2) is 4.79 Å². The van der Waals surface area contributed by atoms with Gasteiger partial charge in [0.15, 0.2) is 0 Å². The quantitative estimate of drug-likeness (QED) is 0.740. The number of nitrogens with one attached hydrogen (secondary N) is 1. The van der Waals surface area contributed by atoms with Crippen molar-refractivity contribution in [2.24, 2.45) is 0 Å². The van der Waals surface area contributed by atoms with Crippen molar-refractivity contribution in [3.63, 3.8) is 0 Å². The molecule has 2 heterocycles. The summed E-state index contributed by atoms with van der Waals surface area (Å²) in [6.07, 6.45) is 2.62. The van der Waals surface area contributed by atoms with Crippen LogP contribution in [0.5, 0.6) is 0 Å². The van der Waals surface area contributed by atoms with Crippen LogP contribution in [-0.4, -0.2) is 20.7 Å². The SMILES string of the molecule is O=C(O)c1c[nH]n2cc(Cl)cc2c1=O. The van der Waals surface area contributed by atoms with Gasteiger partial charge < -0.3 is 10.2 Å². The summed E-state index contributed by atoms with van der Waals surface area (Å²) < 4.78 is 1.37. The molecule has 0 radical (unpaired) electrons. The van der Waals surface area contributed by atoms with E-state index in [9.17, 15) is 9.59 Å². The highest BCUT2D eigenvalue weighted by molar-refractivity contribution is 6.31. The molecule has 0 amide bonds. The van der Waals surface area contributed by atoms with E-state index >= 15 is 0 Å². The molecule has 6 heteroatoms. The molecule has 2 aromatic rings. The number of hydrogen-bond donors (Lipinski definition) is 2. The molecule has 0 aliphatic heterocycles. The summed E-state index contributed by atoms with van der Waals surface area (Å²) in [5.74, 6) is -1.26. The number of aromatic carboxylic acids is 1. The molecule has 0 aromatic carbocycles. The minimum absolute atomic E-state index is 0.218. The van der Waals surface area contributed by atoms with Gasteiger partial charge in [-0.2, -0.15) is 0 Å². The third kappa shape index (κ3) is 1.18. The first kappa shape index (κ1) is 8.83. The van der Waals surface area contributed by atoms with E-state index < -0.39 is 11.4 Å². The fourth-order valence-corrected chi connectivity index (χ4v) is 1.41. The molecule has 72 valence electrons. The number of carbonyl (C=O) groups is 1. The molecular weight excluding hydrogens is 208 g/mol. The summed E-state index contributed by atoms with van der Waals surface area (Å²) in [6.45, 7) is 0. The van der Waals surface area contributed by atoms with Gasteiger partial charge in [0, 0.05) is 12.4 Å². The van der Waals surface area contributed by atoms with Crippen LogP contribution < -0.4 is 5.43 Å². The number of carboxylic acids is 1. The first-order chi connectivity index (χ1) is 6.59. The van der Waals surface area contributed by atoms with Crippen molar-refractivity contribution in [3.05, 3.63) is 39.3 Å². The van der Waals surface area contributed by atoms with Crippen LogP contribution >= 0.6 is 11.6 Å². The van der Waals surface area contributed by atoms with Gasteiger partial charge in [-0.3, -0.25) is 9.31 Å². The number of carboxylic acid groups (broad SMARTS) is 1. The number of halogens is 1. The summed E-state index contributed by atoms with van der Waals surface area (Å²) in [5, 5.41) is 11.7. The lowest BCUT2D eigenvalue weighted by atomic mass is 10.3. The maximum absolute atomic E-state index is 11.5. The molecule has 0 aliphatic carbocycles. The number of rotatable bonds is 1. The number of aromatic nitrogens is 2. The molecule has 0 bridgehead atoms. The standard InChI is InChI=1S/C8H5ClN2O3/c9-4-1-6-7(12)5(8(13)14)2-10-11(6)3-4/h1-3,10H,(H,13,14). The summed E-state index contributed by atoms with van der Waals surface area (Å²) in [5.41, 5.74) is -0.634. The molecule has 14 heavy (non-hydrogen) atoms. The molecule has 0 aliphatic rings. The van der Waals surface area contributed by atoms with Crippen LogP contribution in [0.15, 0.2) is 23.3 Å². The molecule has 0 atom stereocenters. The van der Waals surface area contributed by atoms with Crippen LogP contribution in [0.4, 0.5) is 0 Å². The van der Waals surface area contributed by atoms with E-state index in [1.807, 2.05) is 0 Å². The zero-order chi connectivity index (χ0) is 10.3. The lowest BCUT2D eigenvalue weighted by Gasteiger charge is -1.96. The molecule has 0 saturated carbocycles. The Morgan fingerprint density at radius 1 is 1.57 bits per heavy atom. The van der Waals surface area contributed by atoms with Gasteiger partial charge in [-0.1, -0.05) is 11.6 Å².